The highest BCUT2D eigenvalue weighted by Gasteiger charge is 2.26. The van der Waals surface area contributed by atoms with Crippen molar-refractivity contribution in [3.63, 3.8) is 0 Å². The first-order valence-corrected chi connectivity index (χ1v) is 21.0. The molecule has 0 atom stereocenters. The Morgan fingerprint density at radius 1 is 0.226 bits per heavy atom. The molecule has 62 heavy (non-hydrogen) atoms. The second-order valence-corrected chi connectivity index (χ2v) is 15.9. The van der Waals surface area contributed by atoms with Gasteiger partial charge in [0.1, 0.15) is 0 Å². The van der Waals surface area contributed by atoms with E-state index < -0.39 is 0 Å². The van der Waals surface area contributed by atoms with Crippen molar-refractivity contribution in [3.8, 4) is 78.9 Å². The van der Waals surface area contributed by atoms with Crippen LogP contribution in [-0.2, 0) is 0 Å². The lowest BCUT2D eigenvalue weighted by Gasteiger charge is -2.25. The Bertz CT molecular complexity index is 3530. The van der Waals surface area contributed by atoms with Gasteiger partial charge in [-0.2, -0.15) is 15.0 Å². The summed E-state index contributed by atoms with van der Waals surface area (Å²) in [6.07, 6.45) is 0. The summed E-state index contributed by atoms with van der Waals surface area (Å²) in [4.78, 5) is 16.4. The van der Waals surface area contributed by atoms with Crippen molar-refractivity contribution in [1.29, 1.82) is 0 Å². The predicted molar refractivity (Wildman–Crippen MR) is 255 cm³/mol. The lowest BCUT2D eigenvalue weighted by molar-refractivity contribution is 0.893. The molecule has 5 heteroatoms. The second-order valence-electron chi connectivity index (χ2n) is 15.9. The number of hydrogen-bond donors (Lipinski definition) is 0. The fraction of sp³-hybridized carbons (Fsp3) is 0. The van der Waals surface area contributed by atoms with E-state index in [-0.39, 0.29) is 0 Å². The van der Waals surface area contributed by atoms with E-state index in [9.17, 15) is 0 Å². The minimum atomic E-state index is 0.554. The molecule has 1 aliphatic carbocycles. The van der Waals surface area contributed by atoms with E-state index in [4.69, 9.17) is 15.0 Å². The Morgan fingerprint density at radius 2 is 0.500 bits per heavy atom. The van der Waals surface area contributed by atoms with E-state index in [1.54, 1.807) is 0 Å². The van der Waals surface area contributed by atoms with Crippen molar-refractivity contribution in [1.82, 2.24) is 24.1 Å². The number of benzene rings is 9. The third kappa shape index (κ3) is 5.06. The van der Waals surface area contributed by atoms with Crippen molar-refractivity contribution >= 4 is 43.6 Å². The van der Waals surface area contributed by atoms with Crippen LogP contribution in [0.15, 0.2) is 212 Å². The van der Waals surface area contributed by atoms with Crippen LogP contribution in [0.2, 0.25) is 0 Å². The molecule has 3 heterocycles. The largest absolute Gasteiger partial charge is 0.278 e. The molecule has 0 saturated carbocycles. The fourth-order valence-electron chi connectivity index (χ4n) is 10.00. The average Bonchev–Trinajstić information content (AvgIpc) is 3.86. The molecule has 0 N–H and O–H groups in total. The van der Waals surface area contributed by atoms with Gasteiger partial charge in [0.15, 0.2) is 5.82 Å². The molecule has 13 rings (SSSR count). The van der Waals surface area contributed by atoms with Crippen molar-refractivity contribution in [2.45, 2.75) is 0 Å². The molecular weight excluding hydrogens is 755 g/mol. The molecule has 288 valence electrons. The van der Waals surface area contributed by atoms with Gasteiger partial charge in [0.2, 0.25) is 11.9 Å². The summed E-state index contributed by atoms with van der Waals surface area (Å²) in [7, 11) is 0. The maximum absolute atomic E-state index is 5.49. The summed E-state index contributed by atoms with van der Waals surface area (Å²) in [6.45, 7) is 0. The summed E-state index contributed by atoms with van der Waals surface area (Å²) in [5.41, 5.74) is 16.8. The van der Waals surface area contributed by atoms with Gasteiger partial charge in [-0.15, -0.1) is 0 Å². The van der Waals surface area contributed by atoms with Crippen LogP contribution >= 0.6 is 0 Å². The van der Waals surface area contributed by atoms with E-state index in [0.29, 0.717) is 17.7 Å². The van der Waals surface area contributed by atoms with Crippen molar-refractivity contribution in [3.05, 3.63) is 212 Å². The van der Waals surface area contributed by atoms with E-state index in [0.717, 1.165) is 60.3 Å². The van der Waals surface area contributed by atoms with Gasteiger partial charge in [0, 0.05) is 27.1 Å². The second kappa shape index (κ2) is 13.6. The molecule has 0 spiro atoms. The number of fused-ring (bicyclic) bond motifs is 14. The van der Waals surface area contributed by atoms with Gasteiger partial charge in [-0.05, 0) is 79.9 Å². The molecular formula is C57H35N5. The third-order valence-corrected chi connectivity index (χ3v) is 12.6. The summed E-state index contributed by atoms with van der Waals surface area (Å²) < 4.78 is 4.39. The quantitative estimate of drug-likeness (QED) is 0.178. The molecule has 0 bridgehead atoms. The first-order chi connectivity index (χ1) is 30.8. The molecule has 3 aromatic heterocycles. The number of aromatic nitrogens is 5. The SMILES string of the molecule is c1ccc(-c2cccc3c2-c2ccccc2-c2ccccc2-c2ccccc2-3)c(-c2nc(-n3c4ccccc4c4ccccc43)nc(-n3c4ccccc4c4ccccc43)n2)c1. The number of hydrogen-bond acceptors (Lipinski definition) is 3. The molecule has 9 aromatic carbocycles. The van der Waals surface area contributed by atoms with Crippen LogP contribution in [0.3, 0.4) is 0 Å². The molecule has 5 nitrogen and oxygen atoms in total. The topological polar surface area (TPSA) is 48.5 Å². The molecule has 0 radical (unpaired) electrons. The van der Waals surface area contributed by atoms with Crippen LogP contribution in [-0.4, -0.2) is 24.1 Å². The summed E-state index contributed by atoms with van der Waals surface area (Å²) in [5.74, 6) is 1.70. The lowest BCUT2D eigenvalue weighted by atomic mass is 9.78. The molecule has 0 saturated heterocycles. The standard InChI is InChI=1S/C57H35N5/c1-2-19-37-36(18-1)38-20-3-4-21-40(38)47-30-17-31-48(54(47)46-28-7-5-22-39(37)46)41-23-6-8-29-49(41)55-58-56(61-50-32-13-9-24-42(50)43-25-10-14-33-51(43)61)60-57(59-55)62-52-34-15-11-26-44(52)45-27-12-16-35-53(45)62/h1-35H. The van der Waals surface area contributed by atoms with E-state index in [2.05, 4.69) is 221 Å². The highest BCUT2D eigenvalue weighted by atomic mass is 15.3. The van der Waals surface area contributed by atoms with Gasteiger partial charge in [0.05, 0.1) is 22.1 Å². The van der Waals surface area contributed by atoms with Gasteiger partial charge in [-0.25, -0.2) is 0 Å². The highest BCUT2D eigenvalue weighted by Crippen LogP contribution is 2.51. The predicted octanol–water partition coefficient (Wildman–Crippen LogP) is 14.4. The van der Waals surface area contributed by atoms with Gasteiger partial charge in [-0.3, -0.25) is 9.13 Å². The summed E-state index contributed by atoms with van der Waals surface area (Å²) in [5, 5.41) is 4.58. The minimum absolute atomic E-state index is 0.554. The van der Waals surface area contributed by atoms with E-state index in [1.165, 1.54) is 44.5 Å². The van der Waals surface area contributed by atoms with Crippen molar-refractivity contribution < 1.29 is 0 Å². The smallest absolute Gasteiger partial charge is 0.240 e. The zero-order valence-electron chi connectivity index (χ0n) is 33.4. The van der Waals surface area contributed by atoms with Crippen LogP contribution in [0.5, 0.6) is 0 Å². The maximum Gasteiger partial charge on any atom is 0.240 e. The van der Waals surface area contributed by atoms with Gasteiger partial charge < -0.3 is 0 Å². The lowest BCUT2D eigenvalue weighted by Crippen LogP contribution is -2.10. The van der Waals surface area contributed by atoms with Crippen LogP contribution in [0.25, 0.3) is 123 Å². The number of rotatable bonds is 4. The Balaban J connectivity index is 1.12. The molecule has 0 aliphatic heterocycles. The Morgan fingerprint density at radius 3 is 0.903 bits per heavy atom. The van der Waals surface area contributed by atoms with Crippen molar-refractivity contribution in [2.24, 2.45) is 0 Å². The van der Waals surface area contributed by atoms with E-state index >= 15 is 0 Å². The zero-order valence-corrected chi connectivity index (χ0v) is 33.4. The fourth-order valence-corrected chi connectivity index (χ4v) is 10.00. The van der Waals surface area contributed by atoms with E-state index in [1.807, 2.05) is 0 Å². The van der Waals surface area contributed by atoms with Crippen LogP contribution < -0.4 is 0 Å². The first kappa shape index (κ1) is 34.5. The monoisotopic (exact) mass is 789 g/mol. The van der Waals surface area contributed by atoms with Crippen LogP contribution in [0.4, 0.5) is 0 Å². The van der Waals surface area contributed by atoms with Gasteiger partial charge in [0.25, 0.3) is 0 Å². The van der Waals surface area contributed by atoms with Gasteiger partial charge >= 0.3 is 0 Å². The van der Waals surface area contributed by atoms with Crippen molar-refractivity contribution in [2.75, 3.05) is 0 Å². The number of nitrogens with zero attached hydrogens (tertiary/aromatic N) is 5. The third-order valence-electron chi connectivity index (χ3n) is 12.6. The normalized spacial score (nSPS) is 11.9. The molecule has 0 fully saturated rings. The molecule has 1 aliphatic rings. The van der Waals surface area contributed by atoms with Crippen LogP contribution in [0, 0.1) is 0 Å². The Kier molecular flexibility index (Phi) is 7.54. The number of para-hydroxylation sites is 4. The highest BCUT2D eigenvalue weighted by molar-refractivity contribution is 6.11. The average molecular weight is 790 g/mol. The molecule has 12 aromatic rings. The maximum atomic E-state index is 5.49. The minimum Gasteiger partial charge on any atom is -0.278 e. The first-order valence-electron chi connectivity index (χ1n) is 21.0. The Hall–Kier alpha value is -8.41. The van der Waals surface area contributed by atoms with Crippen LogP contribution in [0.1, 0.15) is 0 Å². The molecule has 0 amide bonds. The molecule has 0 unspecified atom stereocenters. The zero-order chi connectivity index (χ0) is 40.7. The summed E-state index contributed by atoms with van der Waals surface area (Å²) in [6, 6.07) is 75.8. The van der Waals surface area contributed by atoms with Gasteiger partial charge in [-0.1, -0.05) is 188 Å². The summed E-state index contributed by atoms with van der Waals surface area (Å²) >= 11 is 0. The Labute approximate surface area is 357 Å².